The van der Waals surface area contributed by atoms with Gasteiger partial charge in [-0.25, -0.2) is 0 Å². The van der Waals surface area contributed by atoms with E-state index in [-0.39, 0.29) is 0 Å². The first kappa shape index (κ1) is 16.8. The molecule has 29 heavy (non-hydrogen) atoms. The van der Waals surface area contributed by atoms with Crippen molar-refractivity contribution in [2.45, 2.75) is 6.04 Å². The van der Waals surface area contributed by atoms with Crippen LogP contribution >= 0.6 is 0 Å². The lowest BCUT2D eigenvalue weighted by molar-refractivity contribution is 0.485. The van der Waals surface area contributed by atoms with Gasteiger partial charge in [0.1, 0.15) is 15.5 Å². The Morgan fingerprint density at radius 1 is 0.621 bits per heavy atom. The van der Waals surface area contributed by atoms with Crippen LogP contribution in [-0.4, -0.2) is 20.5 Å². The highest BCUT2D eigenvalue weighted by molar-refractivity contribution is 6.95. The standard InChI is InChI=1S/C26H22N2Si/c1-3-11-21(12-4-1)29(22-13-5-2-6-14-22)23-15-9-10-20(18-23)26-24-16-7-8-17-25(24)27-19-28(26)27/h1-18,26,29H,19H2/t26?,27?,28-/m0/s1. The summed E-state index contributed by atoms with van der Waals surface area (Å²) < 4.78 is 0. The fraction of sp³-hybridized carbons (Fsp3) is 0.0769. The fourth-order valence-electron chi connectivity index (χ4n) is 4.79. The zero-order valence-corrected chi connectivity index (χ0v) is 17.3. The van der Waals surface area contributed by atoms with Crippen LogP contribution in [-0.2, 0) is 0 Å². The number of hydrazine groups is 1. The van der Waals surface area contributed by atoms with E-state index in [4.69, 9.17) is 0 Å². The van der Waals surface area contributed by atoms with Crippen molar-refractivity contribution >= 4 is 30.0 Å². The van der Waals surface area contributed by atoms with Crippen molar-refractivity contribution in [3.8, 4) is 0 Å². The second kappa shape index (κ2) is 6.73. The van der Waals surface area contributed by atoms with Crippen LogP contribution < -0.4 is 20.6 Å². The van der Waals surface area contributed by atoms with E-state index in [1.807, 2.05) is 0 Å². The van der Waals surface area contributed by atoms with E-state index in [1.165, 1.54) is 32.4 Å². The van der Waals surface area contributed by atoms with Crippen molar-refractivity contribution in [2.24, 2.45) is 0 Å². The summed E-state index contributed by atoms with van der Waals surface area (Å²) in [4.78, 5) is 0. The average Bonchev–Trinajstić information content (AvgIpc) is 3.50. The van der Waals surface area contributed by atoms with E-state index in [2.05, 4.69) is 119 Å². The second-order valence-electron chi connectivity index (χ2n) is 7.87. The van der Waals surface area contributed by atoms with Gasteiger partial charge >= 0.3 is 0 Å². The normalized spacial score (nSPS) is 19.1. The van der Waals surface area contributed by atoms with E-state index >= 15 is 0 Å². The van der Waals surface area contributed by atoms with Gasteiger partial charge in [-0.2, -0.15) is 5.01 Å². The lowest BCUT2D eigenvalue weighted by Crippen LogP contribution is -2.52. The number of nitrogens with zero attached hydrogens (tertiary/aromatic N) is 2. The molecule has 0 N–H and O–H groups in total. The molecule has 0 aromatic heterocycles. The first-order valence-corrected chi connectivity index (χ1v) is 12.0. The van der Waals surface area contributed by atoms with E-state index in [1.54, 1.807) is 0 Å². The van der Waals surface area contributed by atoms with Crippen molar-refractivity contribution in [3.05, 3.63) is 120 Å². The number of fused-ring (bicyclic) bond motifs is 3. The lowest BCUT2D eigenvalue weighted by Gasteiger charge is -2.20. The highest BCUT2D eigenvalue weighted by Gasteiger charge is 2.47. The molecule has 4 aromatic carbocycles. The Hall–Kier alpha value is -3.14. The van der Waals surface area contributed by atoms with Gasteiger partial charge in [-0.1, -0.05) is 119 Å². The van der Waals surface area contributed by atoms with Crippen LogP contribution in [0.5, 0.6) is 0 Å². The SMILES string of the molecule is c1ccc([SiH](c2ccccc2)c2cccc(C3c4ccccc4N4C[N@@]34)c2)cc1. The second-order valence-corrected chi connectivity index (χ2v) is 10.7. The summed E-state index contributed by atoms with van der Waals surface area (Å²) in [5.41, 5.74) is 4.19. The molecule has 6 rings (SSSR count). The Morgan fingerprint density at radius 2 is 1.24 bits per heavy atom. The molecule has 0 bridgehead atoms. The Kier molecular flexibility index (Phi) is 3.89. The van der Waals surface area contributed by atoms with E-state index < -0.39 is 8.80 Å². The molecule has 1 saturated heterocycles. The summed E-state index contributed by atoms with van der Waals surface area (Å²) >= 11 is 0. The number of rotatable bonds is 4. The highest BCUT2D eigenvalue weighted by atomic mass is 28.3. The van der Waals surface area contributed by atoms with Crippen molar-refractivity contribution in [1.82, 2.24) is 5.01 Å². The minimum absolute atomic E-state index is 0.340. The molecule has 2 nitrogen and oxygen atoms in total. The zero-order chi connectivity index (χ0) is 19.2. The predicted octanol–water partition coefficient (Wildman–Crippen LogP) is 3.03. The predicted molar refractivity (Wildman–Crippen MR) is 123 cm³/mol. The van der Waals surface area contributed by atoms with Gasteiger partial charge in [0.2, 0.25) is 0 Å². The monoisotopic (exact) mass is 390 g/mol. The summed E-state index contributed by atoms with van der Waals surface area (Å²) in [6, 6.07) is 40.6. The molecule has 0 spiro atoms. The molecule has 0 aliphatic carbocycles. The number of hydrogen-bond donors (Lipinski definition) is 0. The van der Waals surface area contributed by atoms with Gasteiger partial charge in [0.05, 0.1) is 11.7 Å². The zero-order valence-electron chi connectivity index (χ0n) is 16.1. The number of benzene rings is 4. The van der Waals surface area contributed by atoms with Gasteiger partial charge < -0.3 is 0 Å². The van der Waals surface area contributed by atoms with E-state index in [0.29, 0.717) is 6.04 Å². The van der Waals surface area contributed by atoms with Crippen LogP contribution in [0.15, 0.2) is 109 Å². The molecule has 0 amide bonds. The van der Waals surface area contributed by atoms with Gasteiger partial charge in [-0.3, -0.25) is 5.01 Å². The number of para-hydroxylation sites is 1. The van der Waals surface area contributed by atoms with Crippen molar-refractivity contribution < 1.29 is 0 Å². The molecular formula is C26H22N2Si. The van der Waals surface area contributed by atoms with Gasteiger partial charge in [-0.15, -0.1) is 0 Å². The van der Waals surface area contributed by atoms with E-state index in [0.717, 1.165) is 6.67 Å². The van der Waals surface area contributed by atoms with Crippen LogP contribution in [0.4, 0.5) is 5.69 Å². The maximum atomic E-state index is 2.47. The largest absolute Gasteiger partial charge is 0.287 e. The van der Waals surface area contributed by atoms with Gasteiger partial charge in [0, 0.05) is 5.56 Å². The van der Waals surface area contributed by atoms with Crippen molar-refractivity contribution in [3.63, 3.8) is 0 Å². The lowest BCUT2D eigenvalue weighted by atomic mass is 9.98. The molecule has 2 heterocycles. The van der Waals surface area contributed by atoms with E-state index in [9.17, 15) is 0 Å². The molecule has 1 fully saturated rings. The quantitative estimate of drug-likeness (QED) is 0.300. The number of anilines is 1. The molecule has 0 radical (unpaired) electrons. The number of hydrogen-bond acceptors (Lipinski definition) is 2. The summed E-state index contributed by atoms with van der Waals surface area (Å²) in [6.07, 6.45) is 0. The Bertz CT molecular complexity index is 1120. The molecule has 2 atom stereocenters. The fourth-order valence-corrected chi connectivity index (χ4v) is 7.82. The van der Waals surface area contributed by atoms with Crippen molar-refractivity contribution in [1.29, 1.82) is 0 Å². The molecule has 3 heteroatoms. The average molecular weight is 391 g/mol. The summed E-state index contributed by atoms with van der Waals surface area (Å²) in [6.45, 7) is 1.03. The van der Waals surface area contributed by atoms with Crippen molar-refractivity contribution in [2.75, 3.05) is 11.7 Å². The molecule has 2 aliphatic heterocycles. The van der Waals surface area contributed by atoms with Crippen LogP contribution in [0.1, 0.15) is 17.2 Å². The maximum absolute atomic E-state index is 2.47. The summed E-state index contributed by atoms with van der Waals surface area (Å²) in [5.74, 6) is 0. The Balaban J connectivity index is 1.46. The first-order chi connectivity index (χ1) is 14.4. The first-order valence-electron chi connectivity index (χ1n) is 10.2. The topological polar surface area (TPSA) is 6.02 Å². The summed E-state index contributed by atoms with van der Waals surface area (Å²) in [5, 5.41) is 9.27. The Labute approximate surface area is 173 Å². The molecular weight excluding hydrogens is 368 g/mol. The molecule has 0 saturated carbocycles. The van der Waals surface area contributed by atoms with Gasteiger partial charge in [-0.05, 0) is 11.6 Å². The minimum atomic E-state index is -1.50. The third-order valence-electron chi connectivity index (χ3n) is 6.14. The van der Waals surface area contributed by atoms with Crippen LogP contribution in [0.25, 0.3) is 0 Å². The maximum Gasteiger partial charge on any atom is 0.132 e. The smallest absolute Gasteiger partial charge is 0.132 e. The van der Waals surface area contributed by atoms with Gasteiger partial charge in [0.15, 0.2) is 0 Å². The van der Waals surface area contributed by atoms with Gasteiger partial charge in [0.25, 0.3) is 0 Å². The van der Waals surface area contributed by atoms with Crippen LogP contribution in [0, 0.1) is 0 Å². The van der Waals surface area contributed by atoms with Crippen LogP contribution in [0.2, 0.25) is 0 Å². The highest BCUT2D eigenvalue weighted by Crippen LogP contribution is 2.49. The third kappa shape index (κ3) is 2.82. The Morgan fingerprint density at radius 3 is 1.97 bits per heavy atom. The molecule has 1 unspecified atom stereocenters. The third-order valence-corrected chi connectivity index (χ3v) is 9.27. The molecule has 140 valence electrons. The minimum Gasteiger partial charge on any atom is -0.287 e. The molecule has 2 aliphatic rings. The molecule has 4 aromatic rings. The van der Waals surface area contributed by atoms with Crippen LogP contribution in [0.3, 0.4) is 0 Å². The summed E-state index contributed by atoms with van der Waals surface area (Å²) in [7, 11) is -1.50.